The van der Waals surface area contributed by atoms with Gasteiger partial charge in [0, 0.05) is 56.1 Å². The van der Waals surface area contributed by atoms with Crippen molar-refractivity contribution in [2.24, 2.45) is 5.92 Å². The molecule has 1 N–H and O–H groups in total. The zero-order valence-corrected chi connectivity index (χ0v) is 17.5. The van der Waals surface area contributed by atoms with Crippen molar-refractivity contribution in [3.05, 3.63) is 33.4 Å². The Bertz CT molecular complexity index is 1050. The smallest absolute Gasteiger partial charge is 0.277 e. The highest BCUT2D eigenvalue weighted by molar-refractivity contribution is 5.81. The Morgan fingerprint density at radius 3 is 2.80 bits per heavy atom. The first-order valence-electron chi connectivity index (χ1n) is 11.2. The fraction of sp³-hybridized carbons (Fsp3) is 0.636. The predicted octanol–water partition coefficient (Wildman–Crippen LogP) is 1.82. The minimum absolute atomic E-state index is 0.0995. The number of carbonyl (C=O) groups excluding carboxylic acids is 2. The van der Waals surface area contributed by atoms with Crippen LogP contribution in [0.5, 0.6) is 0 Å². The number of nitrogens with zero attached hydrogens (tertiary/aromatic N) is 4. The summed E-state index contributed by atoms with van der Waals surface area (Å²) < 4.78 is 1.52. The third-order valence-electron chi connectivity index (χ3n) is 6.70. The first-order chi connectivity index (χ1) is 14.5. The fourth-order valence-corrected chi connectivity index (χ4v) is 4.81. The maximum Gasteiger partial charge on any atom is 0.277 e. The van der Waals surface area contributed by atoms with Crippen molar-refractivity contribution in [3.8, 4) is 0 Å². The van der Waals surface area contributed by atoms with Crippen LogP contribution in [-0.2, 0) is 22.6 Å². The Labute approximate surface area is 175 Å². The highest BCUT2D eigenvalue weighted by atomic mass is 16.2. The number of piperidine rings is 1. The molecule has 8 nitrogen and oxygen atoms in total. The normalized spacial score (nSPS) is 21.7. The van der Waals surface area contributed by atoms with Gasteiger partial charge in [0.05, 0.1) is 17.8 Å². The lowest BCUT2D eigenvalue weighted by molar-refractivity contribution is -0.134. The molecule has 0 spiro atoms. The van der Waals surface area contributed by atoms with E-state index in [0.717, 1.165) is 50.0 Å². The van der Waals surface area contributed by atoms with Gasteiger partial charge >= 0.3 is 0 Å². The number of carbonyl (C=O) groups is 2. The van der Waals surface area contributed by atoms with E-state index in [1.165, 1.54) is 4.52 Å². The van der Waals surface area contributed by atoms with Crippen molar-refractivity contribution < 1.29 is 9.59 Å². The SMILES string of the molecule is CCCC(=O)N1CCc2nc3cc(C4CCCN(C(=O)C5CC5)C4)[nH]n3c(=O)c2C1. The number of rotatable bonds is 4. The monoisotopic (exact) mass is 411 g/mol. The van der Waals surface area contributed by atoms with Gasteiger partial charge in [0.25, 0.3) is 5.56 Å². The van der Waals surface area contributed by atoms with Crippen LogP contribution in [0, 0.1) is 5.92 Å². The van der Waals surface area contributed by atoms with Crippen molar-refractivity contribution in [1.82, 2.24) is 24.4 Å². The second kappa shape index (κ2) is 7.56. The number of aromatic nitrogens is 3. The summed E-state index contributed by atoms with van der Waals surface area (Å²) in [5.74, 6) is 0.823. The Balaban J connectivity index is 1.41. The van der Waals surface area contributed by atoms with Gasteiger partial charge in [-0.3, -0.25) is 19.5 Å². The quantitative estimate of drug-likeness (QED) is 0.831. The van der Waals surface area contributed by atoms with Crippen LogP contribution >= 0.6 is 0 Å². The van der Waals surface area contributed by atoms with Gasteiger partial charge in [0.1, 0.15) is 0 Å². The van der Waals surface area contributed by atoms with Crippen molar-refractivity contribution in [3.63, 3.8) is 0 Å². The van der Waals surface area contributed by atoms with Crippen molar-refractivity contribution in [1.29, 1.82) is 0 Å². The molecule has 3 aliphatic rings. The predicted molar refractivity (Wildman–Crippen MR) is 111 cm³/mol. The molecule has 4 heterocycles. The van der Waals surface area contributed by atoms with Crippen LogP contribution in [0.4, 0.5) is 0 Å². The van der Waals surface area contributed by atoms with Crippen LogP contribution in [0.15, 0.2) is 10.9 Å². The van der Waals surface area contributed by atoms with Gasteiger partial charge < -0.3 is 9.80 Å². The van der Waals surface area contributed by atoms with Crippen LogP contribution in [0.25, 0.3) is 5.65 Å². The molecule has 8 heteroatoms. The minimum Gasteiger partial charge on any atom is -0.342 e. The lowest BCUT2D eigenvalue weighted by atomic mass is 9.94. The summed E-state index contributed by atoms with van der Waals surface area (Å²) in [4.78, 5) is 46.4. The van der Waals surface area contributed by atoms with Crippen LogP contribution in [0.1, 0.15) is 68.3 Å². The molecular weight excluding hydrogens is 382 g/mol. The zero-order chi connectivity index (χ0) is 20.8. The van der Waals surface area contributed by atoms with Crippen molar-refractivity contribution in [2.45, 2.75) is 64.3 Å². The highest BCUT2D eigenvalue weighted by Gasteiger charge is 2.36. The molecule has 1 saturated heterocycles. The Morgan fingerprint density at radius 2 is 2.03 bits per heavy atom. The minimum atomic E-state index is -0.114. The molecule has 2 aliphatic heterocycles. The molecular formula is C22H29N5O3. The third kappa shape index (κ3) is 3.42. The summed E-state index contributed by atoms with van der Waals surface area (Å²) >= 11 is 0. The van der Waals surface area contributed by atoms with Crippen LogP contribution in [0.2, 0.25) is 0 Å². The van der Waals surface area contributed by atoms with Gasteiger partial charge in [-0.15, -0.1) is 0 Å². The Hall–Kier alpha value is -2.64. The summed E-state index contributed by atoms with van der Waals surface area (Å²) in [7, 11) is 0. The van der Waals surface area contributed by atoms with Gasteiger partial charge in [-0.05, 0) is 32.1 Å². The molecule has 0 aromatic carbocycles. The first-order valence-corrected chi connectivity index (χ1v) is 11.2. The van der Waals surface area contributed by atoms with Crippen molar-refractivity contribution in [2.75, 3.05) is 19.6 Å². The van der Waals surface area contributed by atoms with Crippen LogP contribution in [0.3, 0.4) is 0 Å². The van der Waals surface area contributed by atoms with E-state index >= 15 is 0 Å². The molecule has 2 aromatic heterocycles. The molecule has 2 fully saturated rings. The molecule has 5 rings (SSSR count). The molecule has 160 valence electrons. The largest absolute Gasteiger partial charge is 0.342 e. The van der Waals surface area contributed by atoms with E-state index in [9.17, 15) is 14.4 Å². The number of nitrogens with one attached hydrogen (secondary N) is 1. The maximum absolute atomic E-state index is 13.2. The number of amides is 2. The number of hydrogen-bond acceptors (Lipinski definition) is 4. The number of H-pyrrole nitrogens is 1. The summed E-state index contributed by atoms with van der Waals surface area (Å²) in [5, 5.41) is 3.26. The van der Waals surface area contributed by atoms with Gasteiger partial charge in [0.15, 0.2) is 5.65 Å². The average molecular weight is 412 g/mol. The molecule has 30 heavy (non-hydrogen) atoms. The lowest BCUT2D eigenvalue weighted by Gasteiger charge is -2.32. The van der Waals surface area contributed by atoms with Gasteiger partial charge in [0.2, 0.25) is 11.8 Å². The van der Waals surface area contributed by atoms with Gasteiger partial charge in [-0.1, -0.05) is 6.92 Å². The van der Waals surface area contributed by atoms with E-state index in [1.807, 2.05) is 17.9 Å². The van der Waals surface area contributed by atoms with Crippen LogP contribution in [-0.4, -0.2) is 55.8 Å². The van der Waals surface area contributed by atoms with E-state index in [0.29, 0.717) is 49.6 Å². The number of likely N-dealkylation sites (tertiary alicyclic amines) is 1. The number of fused-ring (bicyclic) bond motifs is 2. The number of hydrogen-bond donors (Lipinski definition) is 1. The molecule has 1 unspecified atom stereocenters. The summed E-state index contributed by atoms with van der Waals surface area (Å²) in [5.41, 5.74) is 2.91. The summed E-state index contributed by atoms with van der Waals surface area (Å²) in [6.45, 7) is 4.48. The van der Waals surface area contributed by atoms with E-state index in [2.05, 4.69) is 5.10 Å². The van der Waals surface area contributed by atoms with Crippen LogP contribution < -0.4 is 5.56 Å². The molecule has 2 aromatic rings. The Kier molecular flexibility index (Phi) is 4.87. The van der Waals surface area contributed by atoms with Gasteiger partial charge in [-0.25, -0.2) is 9.50 Å². The number of aromatic amines is 1. The van der Waals surface area contributed by atoms with Crippen molar-refractivity contribution >= 4 is 17.5 Å². The zero-order valence-electron chi connectivity index (χ0n) is 17.5. The lowest BCUT2D eigenvalue weighted by Crippen LogP contribution is -2.40. The fourth-order valence-electron chi connectivity index (χ4n) is 4.81. The van der Waals surface area contributed by atoms with E-state index in [1.54, 1.807) is 4.90 Å². The second-order valence-electron chi connectivity index (χ2n) is 8.96. The molecule has 1 aliphatic carbocycles. The molecule has 2 amide bonds. The van der Waals surface area contributed by atoms with Gasteiger partial charge in [-0.2, -0.15) is 0 Å². The maximum atomic E-state index is 13.2. The van der Waals surface area contributed by atoms with E-state index in [-0.39, 0.29) is 23.3 Å². The molecule has 0 bridgehead atoms. The third-order valence-corrected chi connectivity index (χ3v) is 6.70. The van der Waals surface area contributed by atoms with E-state index < -0.39 is 0 Å². The standard InChI is InChI=1S/C22H29N5O3/c1-2-4-20(28)25-10-8-17-16(13-25)22(30)27-19(23-17)11-18(24-27)15-5-3-9-26(12-15)21(29)14-6-7-14/h11,14-15,24H,2-10,12-13H2,1H3. The highest BCUT2D eigenvalue weighted by Crippen LogP contribution is 2.34. The molecule has 0 radical (unpaired) electrons. The second-order valence-corrected chi connectivity index (χ2v) is 8.96. The first kappa shape index (κ1) is 19.3. The Morgan fingerprint density at radius 1 is 1.20 bits per heavy atom. The summed E-state index contributed by atoms with van der Waals surface area (Å²) in [6.07, 6.45) is 5.95. The average Bonchev–Trinajstić information content (AvgIpc) is 3.52. The molecule has 1 saturated carbocycles. The summed E-state index contributed by atoms with van der Waals surface area (Å²) in [6, 6.07) is 1.96. The van der Waals surface area contributed by atoms with E-state index in [4.69, 9.17) is 4.98 Å². The molecule has 1 atom stereocenters. The topological polar surface area (TPSA) is 90.8 Å².